The first-order chi connectivity index (χ1) is 6.54. The van der Waals surface area contributed by atoms with Crippen molar-refractivity contribution in [1.82, 2.24) is 0 Å². The van der Waals surface area contributed by atoms with E-state index < -0.39 is 0 Å². The maximum atomic E-state index is 5.67. The molecule has 0 unspecified atom stereocenters. The van der Waals surface area contributed by atoms with Gasteiger partial charge in [0.1, 0.15) is 0 Å². The molecular formula is C8H8Br4N2. The lowest BCUT2D eigenvalue weighted by molar-refractivity contribution is 0.959. The Bertz CT molecular complexity index is 330. The molecule has 4 N–H and O–H groups in total. The summed E-state index contributed by atoms with van der Waals surface area (Å²) in [6.45, 7) is 0.912. The first-order valence-corrected chi connectivity index (χ1v) is 6.95. The van der Waals surface area contributed by atoms with Gasteiger partial charge in [-0.2, -0.15) is 0 Å². The maximum Gasteiger partial charge on any atom is 0.0474 e. The summed E-state index contributed by atoms with van der Waals surface area (Å²) in [5, 5.41) is 0. The minimum absolute atomic E-state index is 0.456. The first-order valence-electron chi connectivity index (χ1n) is 3.78. The Labute approximate surface area is 116 Å². The van der Waals surface area contributed by atoms with Gasteiger partial charge in [0.15, 0.2) is 0 Å². The van der Waals surface area contributed by atoms with Gasteiger partial charge < -0.3 is 11.5 Å². The zero-order chi connectivity index (χ0) is 10.9. The Hall–Kier alpha value is 1.06. The topological polar surface area (TPSA) is 52.0 Å². The number of rotatable bonds is 2. The molecule has 0 atom stereocenters. The van der Waals surface area contributed by atoms with E-state index in [2.05, 4.69) is 63.7 Å². The highest BCUT2D eigenvalue weighted by atomic mass is 79.9. The van der Waals surface area contributed by atoms with Crippen LogP contribution in [0.4, 0.5) is 0 Å². The van der Waals surface area contributed by atoms with Crippen molar-refractivity contribution in [1.29, 1.82) is 0 Å². The summed E-state index contributed by atoms with van der Waals surface area (Å²) < 4.78 is 3.80. The fourth-order valence-corrected chi connectivity index (χ4v) is 3.75. The molecule has 2 nitrogen and oxygen atoms in total. The zero-order valence-electron chi connectivity index (χ0n) is 7.08. The second-order valence-corrected chi connectivity index (χ2v) is 5.79. The summed E-state index contributed by atoms with van der Waals surface area (Å²) in [5.74, 6) is 0. The van der Waals surface area contributed by atoms with Crippen LogP contribution in [0.2, 0.25) is 0 Å². The van der Waals surface area contributed by atoms with Gasteiger partial charge in [0.2, 0.25) is 0 Å². The largest absolute Gasteiger partial charge is 0.326 e. The molecule has 0 saturated heterocycles. The molecule has 6 heteroatoms. The Morgan fingerprint density at radius 2 is 0.929 bits per heavy atom. The van der Waals surface area contributed by atoms with Crippen LogP contribution in [0.25, 0.3) is 0 Å². The predicted octanol–water partition coefficient (Wildman–Crippen LogP) is 3.65. The lowest BCUT2D eigenvalue weighted by atomic mass is 10.1. The van der Waals surface area contributed by atoms with Crippen LogP contribution < -0.4 is 11.5 Å². The van der Waals surface area contributed by atoms with Crippen LogP contribution in [0.1, 0.15) is 11.1 Å². The van der Waals surface area contributed by atoms with E-state index in [9.17, 15) is 0 Å². The summed E-state index contributed by atoms with van der Waals surface area (Å²) in [5.41, 5.74) is 13.4. The maximum absolute atomic E-state index is 5.67. The lowest BCUT2D eigenvalue weighted by Gasteiger charge is -2.14. The first kappa shape index (κ1) is 13.1. The van der Waals surface area contributed by atoms with Crippen LogP contribution >= 0.6 is 63.7 Å². The normalized spacial score (nSPS) is 10.7. The minimum Gasteiger partial charge on any atom is -0.326 e. The van der Waals surface area contributed by atoms with Gasteiger partial charge in [-0.3, -0.25) is 0 Å². The van der Waals surface area contributed by atoms with E-state index in [0.29, 0.717) is 13.1 Å². The van der Waals surface area contributed by atoms with Crippen LogP contribution in [0.3, 0.4) is 0 Å². The van der Waals surface area contributed by atoms with Gasteiger partial charge in [0.05, 0.1) is 0 Å². The molecule has 0 saturated carbocycles. The standard InChI is InChI=1S/C8H8Br4N2/c9-5-3(1-13)4(2-14)6(10)8(12)7(5)11/h1-2,13-14H2. The summed E-state index contributed by atoms with van der Waals surface area (Å²) in [4.78, 5) is 0. The molecule has 0 aromatic heterocycles. The fraction of sp³-hybridized carbons (Fsp3) is 0.250. The molecule has 14 heavy (non-hydrogen) atoms. The molecule has 78 valence electrons. The number of hydrogen-bond acceptors (Lipinski definition) is 2. The van der Waals surface area contributed by atoms with Crippen LogP contribution in [-0.2, 0) is 13.1 Å². The fourth-order valence-electron chi connectivity index (χ4n) is 1.15. The third-order valence-electron chi connectivity index (χ3n) is 1.88. The van der Waals surface area contributed by atoms with Crippen LogP contribution in [-0.4, -0.2) is 0 Å². The van der Waals surface area contributed by atoms with Crippen molar-refractivity contribution in [2.75, 3.05) is 0 Å². The highest BCUT2D eigenvalue weighted by molar-refractivity contribution is 9.15. The van der Waals surface area contributed by atoms with Crippen molar-refractivity contribution in [3.8, 4) is 0 Å². The number of halogens is 4. The molecule has 0 amide bonds. The summed E-state index contributed by atoms with van der Waals surface area (Å²) in [7, 11) is 0. The molecule has 0 spiro atoms. The second-order valence-electron chi connectivity index (χ2n) is 2.62. The zero-order valence-corrected chi connectivity index (χ0v) is 13.4. The number of benzene rings is 1. The molecule has 1 aromatic carbocycles. The van der Waals surface area contributed by atoms with Crippen molar-refractivity contribution >= 4 is 63.7 Å². The van der Waals surface area contributed by atoms with E-state index in [1.807, 2.05) is 0 Å². The van der Waals surface area contributed by atoms with Gasteiger partial charge >= 0.3 is 0 Å². The average Bonchev–Trinajstić information content (AvgIpc) is 2.20. The van der Waals surface area contributed by atoms with Gasteiger partial charge in [0.25, 0.3) is 0 Å². The molecule has 0 aliphatic heterocycles. The third kappa shape index (κ3) is 2.25. The van der Waals surface area contributed by atoms with Crippen molar-refractivity contribution in [2.24, 2.45) is 11.5 Å². The molecule has 0 aliphatic carbocycles. The molecular weight excluding hydrogens is 444 g/mol. The van der Waals surface area contributed by atoms with Gasteiger partial charge in [-0.1, -0.05) is 0 Å². The van der Waals surface area contributed by atoms with Gasteiger partial charge in [-0.15, -0.1) is 0 Å². The predicted molar refractivity (Wildman–Crippen MR) is 73.0 cm³/mol. The van der Waals surface area contributed by atoms with E-state index >= 15 is 0 Å². The van der Waals surface area contributed by atoms with Gasteiger partial charge in [-0.25, -0.2) is 0 Å². The van der Waals surface area contributed by atoms with Gasteiger partial charge in [-0.05, 0) is 74.8 Å². The molecule has 0 fully saturated rings. The van der Waals surface area contributed by atoms with E-state index in [1.54, 1.807) is 0 Å². The highest BCUT2D eigenvalue weighted by Crippen LogP contribution is 2.41. The summed E-state index contributed by atoms with van der Waals surface area (Å²) in [6, 6.07) is 0. The van der Waals surface area contributed by atoms with Crippen LogP contribution in [0.5, 0.6) is 0 Å². The second kappa shape index (κ2) is 5.41. The third-order valence-corrected chi connectivity index (χ3v) is 6.81. The smallest absolute Gasteiger partial charge is 0.0474 e. The van der Waals surface area contributed by atoms with Crippen molar-refractivity contribution in [2.45, 2.75) is 13.1 Å². The van der Waals surface area contributed by atoms with E-state index in [4.69, 9.17) is 11.5 Å². The Morgan fingerprint density at radius 1 is 0.643 bits per heavy atom. The summed E-state index contributed by atoms with van der Waals surface area (Å²) in [6.07, 6.45) is 0. The molecule has 0 radical (unpaired) electrons. The van der Waals surface area contributed by atoms with Crippen LogP contribution in [0, 0.1) is 0 Å². The Morgan fingerprint density at radius 3 is 1.14 bits per heavy atom. The molecule has 1 rings (SSSR count). The van der Waals surface area contributed by atoms with Crippen LogP contribution in [0.15, 0.2) is 17.9 Å². The monoisotopic (exact) mass is 448 g/mol. The quantitative estimate of drug-likeness (QED) is 0.533. The van der Waals surface area contributed by atoms with Gasteiger partial charge in [0, 0.05) is 31.0 Å². The SMILES string of the molecule is NCc1c(Br)c(Br)c(Br)c(Br)c1CN. The van der Waals surface area contributed by atoms with E-state index in [0.717, 1.165) is 29.0 Å². The molecule has 0 bridgehead atoms. The Balaban J connectivity index is 3.57. The highest BCUT2D eigenvalue weighted by Gasteiger charge is 2.16. The van der Waals surface area contributed by atoms with Crippen molar-refractivity contribution in [3.05, 3.63) is 29.0 Å². The molecule has 1 aromatic rings. The van der Waals surface area contributed by atoms with Crippen molar-refractivity contribution < 1.29 is 0 Å². The summed E-state index contributed by atoms with van der Waals surface area (Å²) >= 11 is 13.9. The molecule has 0 aliphatic rings. The number of nitrogens with two attached hydrogens (primary N) is 2. The number of hydrogen-bond donors (Lipinski definition) is 2. The van der Waals surface area contributed by atoms with Crippen molar-refractivity contribution in [3.63, 3.8) is 0 Å². The van der Waals surface area contributed by atoms with E-state index in [-0.39, 0.29) is 0 Å². The van der Waals surface area contributed by atoms with E-state index in [1.165, 1.54) is 0 Å². The Kier molecular flexibility index (Phi) is 5.07. The lowest BCUT2D eigenvalue weighted by Crippen LogP contribution is -2.08. The molecule has 0 heterocycles. The minimum atomic E-state index is 0.456. The average molecular weight is 452 g/mol.